The topological polar surface area (TPSA) is 59.3 Å². The predicted molar refractivity (Wildman–Crippen MR) is 114 cm³/mol. The van der Waals surface area contributed by atoms with Gasteiger partial charge in [0.1, 0.15) is 5.56 Å². The summed E-state index contributed by atoms with van der Waals surface area (Å²) in [5, 5.41) is 7.43. The number of benzene rings is 2. The summed E-state index contributed by atoms with van der Waals surface area (Å²) in [4.78, 5) is 17.4. The fourth-order valence-electron chi connectivity index (χ4n) is 3.59. The lowest BCUT2D eigenvalue weighted by atomic mass is 10.0. The molecule has 0 atom stereocenters. The highest BCUT2D eigenvalue weighted by Crippen LogP contribution is 2.20. The van der Waals surface area contributed by atoms with Crippen molar-refractivity contribution in [3.8, 4) is 0 Å². The van der Waals surface area contributed by atoms with E-state index in [1.165, 1.54) is 11.1 Å². The summed E-state index contributed by atoms with van der Waals surface area (Å²) in [6.45, 7) is 4.60. The van der Waals surface area contributed by atoms with E-state index in [1.807, 2.05) is 50.2 Å². The lowest BCUT2D eigenvalue weighted by Gasteiger charge is -2.12. The zero-order chi connectivity index (χ0) is 20.2. The number of amides is 1. The van der Waals surface area contributed by atoms with Gasteiger partial charge in [0.05, 0.1) is 6.20 Å². The summed E-state index contributed by atoms with van der Waals surface area (Å²) < 4.78 is 1.78. The average Bonchev–Trinajstić information content (AvgIpc) is 3.16. The van der Waals surface area contributed by atoms with Gasteiger partial charge in [-0.05, 0) is 37.0 Å². The van der Waals surface area contributed by atoms with Crippen molar-refractivity contribution in [2.24, 2.45) is 0 Å². The number of aryl methyl sites for hydroxylation is 2. The smallest absolute Gasteiger partial charge is 0.256 e. The molecule has 1 N–H and O–H groups in total. The summed E-state index contributed by atoms with van der Waals surface area (Å²) in [6, 6.07) is 20.4. The van der Waals surface area contributed by atoms with Crippen molar-refractivity contribution in [1.82, 2.24) is 19.9 Å². The van der Waals surface area contributed by atoms with Gasteiger partial charge in [-0.15, -0.1) is 0 Å². The van der Waals surface area contributed by atoms with Gasteiger partial charge in [0.25, 0.3) is 5.91 Å². The van der Waals surface area contributed by atoms with Crippen LogP contribution in [-0.4, -0.2) is 27.0 Å². The van der Waals surface area contributed by atoms with Crippen LogP contribution in [0, 0.1) is 13.8 Å². The molecule has 5 nitrogen and oxygen atoms in total. The average molecular weight is 384 g/mol. The van der Waals surface area contributed by atoms with E-state index in [-0.39, 0.29) is 5.91 Å². The van der Waals surface area contributed by atoms with Crippen molar-refractivity contribution in [2.45, 2.75) is 26.7 Å². The number of fused-ring (bicyclic) bond motifs is 1. The van der Waals surface area contributed by atoms with E-state index in [1.54, 1.807) is 10.7 Å². The Hall–Kier alpha value is -3.47. The summed E-state index contributed by atoms with van der Waals surface area (Å²) in [5.41, 5.74) is 6.62. The van der Waals surface area contributed by atoms with Gasteiger partial charge in [0.2, 0.25) is 0 Å². The number of nitrogens with one attached hydrogen (secondary N) is 1. The van der Waals surface area contributed by atoms with Gasteiger partial charge in [0, 0.05) is 24.4 Å². The number of hydrogen-bond acceptors (Lipinski definition) is 3. The summed E-state index contributed by atoms with van der Waals surface area (Å²) in [7, 11) is 0. The zero-order valence-electron chi connectivity index (χ0n) is 16.7. The molecule has 0 aliphatic rings. The standard InChI is InChI=1S/C24H24N4O/c1-17-21(15-20-11-7-4-8-12-20)18(2)28-23(27-17)22(16-26-28)24(29)25-14-13-19-9-5-3-6-10-19/h3-12,16H,13-15H2,1-2H3,(H,25,29). The number of carbonyl (C=O) groups excluding carboxylic acids is 1. The molecule has 0 bridgehead atoms. The molecular weight excluding hydrogens is 360 g/mol. The van der Waals surface area contributed by atoms with E-state index in [2.05, 4.69) is 34.7 Å². The molecule has 146 valence electrons. The van der Waals surface area contributed by atoms with Crippen LogP contribution in [0.15, 0.2) is 66.9 Å². The van der Waals surface area contributed by atoms with Crippen LogP contribution in [0.25, 0.3) is 5.65 Å². The van der Waals surface area contributed by atoms with E-state index in [4.69, 9.17) is 4.98 Å². The van der Waals surface area contributed by atoms with Crippen LogP contribution in [0.1, 0.15) is 38.4 Å². The Morgan fingerprint density at radius 2 is 1.62 bits per heavy atom. The number of rotatable bonds is 6. The van der Waals surface area contributed by atoms with Crippen molar-refractivity contribution in [1.29, 1.82) is 0 Å². The third kappa shape index (κ3) is 4.04. The maximum Gasteiger partial charge on any atom is 0.256 e. The first kappa shape index (κ1) is 18.9. The lowest BCUT2D eigenvalue weighted by Crippen LogP contribution is -2.25. The van der Waals surface area contributed by atoms with E-state index in [0.717, 1.165) is 29.8 Å². The van der Waals surface area contributed by atoms with E-state index in [9.17, 15) is 4.79 Å². The van der Waals surface area contributed by atoms with Gasteiger partial charge in [-0.1, -0.05) is 60.7 Å². The molecule has 0 spiro atoms. The SMILES string of the molecule is Cc1nc2c(C(=O)NCCc3ccccc3)cnn2c(C)c1Cc1ccccc1. The largest absolute Gasteiger partial charge is 0.352 e. The van der Waals surface area contributed by atoms with Crippen molar-refractivity contribution < 1.29 is 4.79 Å². The molecule has 0 saturated carbocycles. The summed E-state index contributed by atoms with van der Waals surface area (Å²) in [5.74, 6) is -0.141. The predicted octanol–water partition coefficient (Wildman–Crippen LogP) is 3.91. The van der Waals surface area contributed by atoms with Crippen LogP contribution in [0.5, 0.6) is 0 Å². The highest BCUT2D eigenvalue weighted by atomic mass is 16.1. The van der Waals surface area contributed by atoms with Crippen LogP contribution >= 0.6 is 0 Å². The Kier molecular flexibility index (Phi) is 5.38. The fourth-order valence-corrected chi connectivity index (χ4v) is 3.59. The van der Waals surface area contributed by atoms with E-state index < -0.39 is 0 Å². The molecular formula is C24H24N4O. The van der Waals surface area contributed by atoms with Crippen molar-refractivity contribution >= 4 is 11.6 Å². The molecule has 0 aliphatic carbocycles. The van der Waals surface area contributed by atoms with Gasteiger partial charge in [-0.2, -0.15) is 5.10 Å². The van der Waals surface area contributed by atoms with Gasteiger partial charge < -0.3 is 5.32 Å². The molecule has 0 fully saturated rings. The first-order valence-electron chi connectivity index (χ1n) is 9.83. The minimum Gasteiger partial charge on any atom is -0.352 e. The molecule has 2 heterocycles. The molecule has 0 aliphatic heterocycles. The normalized spacial score (nSPS) is 11.0. The molecule has 4 aromatic rings. The molecule has 29 heavy (non-hydrogen) atoms. The molecule has 5 heteroatoms. The summed E-state index contributed by atoms with van der Waals surface area (Å²) >= 11 is 0. The molecule has 1 amide bonds. The Labute approximate surface area is 170 Å². The van der Waals surface area contributed by atoms with E-state index >= 15 is 0 Å². The van der Waals surface area contributed by atoms with Gasteiger partial charge >= 0.3 is 0 Å². The van der Waals surface area contributed by atoms with Gasteiger partial charge in [0.15, 0.2) is 5.65 Å². The highest BCUT2D eigenvalue weighted by molar-refractivity contribution is 5.99. The molecule has 4 rings (SSSR count). The second-order valence-electron chi connectivity index (χ2n) is 7.21. The van der Waals surface area contributed by atoms with Crippen LogP contribution in [0.4, 0.5) is 0 Å². The van der Waals surface area contributed by atoms with Crippen molar-refractivity contribution in [3.63, 3.8) is 0 Å². The minimum atomic E-state index is -0.141. The highest BCUT2D eigenvalue weighted by Gasteiger charge is 2.18. The third-order valence-electron chi connectivity index (χ3n) is 5.22. The number of aromatic nitrogens is 3. The van der Waals surface area contributed by atoms with Crippen LogP contribution in [0.2, 0.25) is 0 Å². The molecule has 0 radical (unpaired) electrons. The monoisotopic (exact) mass is 384 g/mol. The van der Waals surface area contributed by atoms with Crippen molar-refractivity contribution in [2.75, 3.05) is 6.54 Å². The van der Waals surface area contributed by atoms with Crippen molar-refractivity contribution in [3.05, 3.63) is 101 Å². The Balaban J connectivity index is 1.54. The van der Waals surface area contributed by atoms with Gasteiger partial charge in [-0.3, -0.25) is 4.79 Å². The van der Waals surface area contributed by atoms with Gasteiger partial charge in [-0.25, -0.2) is 9.50 Å². The maximum absolute atomic E-state index is 12.7. The third-order valence-corrected chi connectivity index (χ3v) is 5.22. The maximum atomic E-state index is 12.7. The number of hydrogen-bond donors (Lipinski definition) is 1. The summed E-state index contributed by atoms with van der Waals surface area (Å²) in [6.07, 6.45) is 3.19. The zero-order valence-corrected chi connectivity index (χ0v) is 16.7. The van der Waals surface area contributed by atoms with E-state index in [0.29, 0.717) is 17.8 Å². The Morgan fingerprint density at radius 3 is 2.31 bits per heavy atom. The molecule has 0 saturated heterocycles. The first-order valence-corrected chi connectivity index (χ1v) is 9.83. The second kappa shape index (κ2) is 8.27. The second-order valence-corrected chi connectivity index (χ2v) is 7.21. The number of nitrogens with zero attached hydrogens (tertiary/aromatic N) is 3. The van der Waals surface area contributed by atoms with Crippen LogP contribution < -0.4 is 5.32 Å². The fraction of sp³-hybridized carbons (Fsp3) is 0.208. The molecule has 0 unspecified atom stereocenters. The van der Waals surface area contributed by atoms with Crippen LogP contribution in [0.3, 0.4) is 0 Å². The first-order chi connectivity index (χ1) is 14.1. The quantitative estimate of drug-likeness (QED) is 0.548. The minimum absolute atomic E-state index is 0.141. The van der Waals surface area contributed by atoms with Crippen LogP contribution in [-0.2, 0) is 12.8 Å². The Bertz CT molecular complexity index is 1130. The number of carbonyl (C=O) groups is 1. The lowest BCUT2D eigenvalue weighted by molar-refractivity contribution is 0.0955. The molecule has 2 aromatic heterocycles. The molecule has 2 aromatic carbocycles. The Morgan fingerprint density at radius 1 is 0.966 bits per heavy atom.